The summed E-state index contributed by atoms with van der Waals surface area (Å²) in [6.07, 6.45) is 1.36. The first-order valence-corrected chi connectivity index (χ1v) is 8.14. The van der Waals surface area contributed by atoms with Crippen LogP contribution in [0.3, 0.4) is 0 Å². The second-order valence-corrected chi connectivity index (χ2v) is 6.53. The average molecular weight is 302 g/mol. The van der Waals surface area contributed by atoms with E-state index in [1.165, 1.54) is 5.56 Å². The van der Waals surface area contributed by atoms with Gasteiger partial charge in [-0.25, -0.2) is 4.98 Å². The highest BCUT2D eigenvalue weighted by Gasteiger charge is 2.13. The third-order valence-electron chi connectivity index (χ3n) is 3.53. The van der Waals surface area contributed by atoms with Gasteiger partial charge in [-0.3, -0.25) is 4.79 Å². The molecule has 0 aliphatic heterocycles. The largest absolute Gasteiger partial charge is 0.353 e. The minimum Gasteiger partial charge on any atom is -0.353 e. The predicted molar refractivity (Wildman–Crippen MR) is 88.6 cm³/mol. The Hall–Kier alpha value is -1.68. The molecule has 1 aromatic heterocycles. The summed E-state index contributed by atoms with van der Waals surface area (Å²) in [7, 11) is 0. The van der Waals surface area contributed by atoms with E-state index < -0.39 is 0 Å². The molecule has 0 fully saturated rings. The standard InChI is InChI=1S/C17H22N2OS/c1-5-12(3)18-16(20)10-15-13(4)19-17(21-15)14-8-6-11(2)7-9-14/h6-9,12H,5,10H2,1-4H3,(H,18,20). The van der Waals surface area contributed by atoms with E-state index in [0.29, 0.717) is 6.42 Å². The van der Waals surface area contributed by atoms with Gasteiger partial charge in [0.05, 0.1) is 12.1 Å². The van der Waals surface area contributed by atoms with Gasteiger partial charge in [-0.1, -0.05) is 36.8 Å². The minimum absolute atomic E-state index is 0.0755. The van der Waals surface area contributed by atoms with Crippen LogP contribution in [0.1, 0.15) is 36.4 Å². The highest BCUT2D eigenvalue weighted by molar-refractivity contribution is 7.15. The molecular weight excluding hydrogens is 280 g/mol. The van der Waals surface area contributed by atoms with Gasteiger partial charge in [0.1, 0.15) is 5.01 Å². The lowest BCUT2D eigenvalue weighted by atomic mass is 10.2. The monoisotopic (exact) mass is 302 g/mol. The van der Waals surface area contributed by atoms with Gasteiger partial charge < -0.3 is 5.32 Å². The maximum atomic E-state index is 12.0. The van der Waals surface area contributed by atoms with Crippen molar-refractivity contribution < 1.29 is 4.79 Å². The van der Waals surface area contributed by atoms with Crippen molar-refractivity contribution in [2.24, 2.45) is 0 Å². The van der Waals surface area contributed by atoms with Crippen molar-refractivity contribution in [3.8, 4) is 10.6 Å². The maximum absolute atomic E-state index is 12.0. The topological polar surface area (TPSA) is 42.0 Å². The number of hydrogen-bond acceptors (Lipinski definition) is 3. The molecular formula is C17H22N2OS. The highest BCUT2D eigenvalue weighted by Crippen LogP contribution is 2.28. The number of hydrogen-bond donors (Lipinski definition) is 1. The maximum Gasteiger partial charge on any atom is 0.225 e. The van der Waals surface area contributed by atoms with Crippen LogP contribution in [0.25, 0.3) is 10.6 Å². The number of nitrogens with one attached hydrogen (secondary N) is 1. The number of amides is 1. The van der Waals surface area contributed by atoms with Crippen LogP contribution in [0, 0.1) is 13.8 Å². The molecule has 1 heterocycles. The molecule has 0 spiro atoms. The molecule has 1 amide bonds. The molecule has 0 saturated carbocycles. The molecule has 0 aliphatic carbocycles. The molecule has 3 nitrogen and oxygen atoms in total. The van der Waals surface area contributed by atoms with Crippen molar-refractivity contribution in [2.45, 2.75) is 46.6 Å². The number of carbonyl (C=O) groups excluding carboxylic acids is 1. The van der Waals surface area contributed by atoms with Gasteiger partial charge in [-0.15, -0.1) is 11.3 Å². The Morgan fingerprint density at radius 1 is 1.29 bits per heavy atom. The normalized spacial score (nSPS) is 12.2. The van der Waals surface area contributed by atoms with Gasteiger partial charge >= 0.3 is 0 Å². The lowest BCUT2D eigenvalue weighted by molar-refractivity contribution is -0.121. The quantitative estimate of drug-likeness (QED) is 0.910. The summed E-state index contributed by atoms with van der Waals surface area (Å²) >= 11 is 1.61. The Balaban J connectivity index is 2.12. The lowest BCUT2D eigenvalue weighted by Crippen LogP contribution is -2.33. The van der Waals surface area contributed by atoms with Crippen molar-refractivity contribution in [1.29, 1.82) is 0 Å². The predicted octanol–water partition coefficient (Wildman–Crippen LogP) is 3.88. The van der Waals surface area contributed by atoms with Gasteiger partial charge in [0.25, 0.3) is 0 Å². The van der Waals surface area contributed by atoms with E-state index in [9.17, 15) is 4.79 Å². The van der Waals surface area contributed by atoms with Crippen LogP contribution in [0.5, 0.6) is 0 Å². The number of carbonyl (C=O) groups is 1. The number of benzene rings is 1. The molecule has 0 saturated heterocycles. The number of rotatable bonds is 5. The summed E-state index contributed by atoms with van der Waals surface area (Å²) in [6, 6.07) is 8.55. The first-order valence-electron chi connectivity index (χ1n) is 7.32. The summed E-state index contributed by atoms with van der Waals surface area (Å²) in [5.41, 5.74) is 3.30. The number of nitrogens with zero attached hydrogens (tertiary/aromatic N) is 1. The van der Waals surface area contributed by atoms with E-state index in [4.69, 9.17) is 0 Å². The summed E-state index contributed by atoms with van der Waals surface area (Å²) in [6.45, 7) is 8.13. The summed E-state index contributed by atoms with van der Waals surface area (Å²) in [5.74, 6) is 0.0755. The van der Waals surface area contributed by atoms with E-state index in [0.717, 1.165) is 27.6 Å². The number of aromatic nitrogens is 1. The Labute approximate surface area is 130 Å². The van der Waals surface area contributed by atoms with Crippen molar-refractivity contribution in [3.63, 3.8) is 0 Å². The zero-order valence-corrected chi connectivity index (χ0v) is 13.9. The van der Waals surface area contributed by atoms with E-state index >= 15 is 0 Å². The molecule has 21 heavy (non-hydrogen) atoms. The molecule has 1 atom stereocenters. The highest BCUT2D eigenvalue weighted by atomic mass is 32.1. The van der Waals surface area contributed by atoms with E-state index in [1.54, 1.807) is 11.3 Å². The number of aryl methyl sites for hydroxylation is 2. The fourth-order valence-electron chi connectivity index (χ4n) is 1.99. The van der Waals surface area contributed by atoms with Crippen molar-refractivity contribution in [3.05, 3.63) is 40.4 Å². The third-order valence-corrected chi connectivity index (χ3v) is 4.74. The fourth-order valence-corrected chi connectivity index (χ4v) is 3.05. The van der Waals surface area contributed by atoms with E-state index in [-0.39, 0.29) is 11.9 Å². The molecule has 1 unspecified atom stereocenters. The molecule has 2 rings (SSSR count). The molecule has 2 aromatic rings. The molecule has 0 aliphatic rings. The summed E-state index contributed by atoms with van der Waals surface area (Å²) in [5, 5.41) is 3.99. The summed E-state index contributed by atoms with van der Waals surface area (Å²) in [4.78, 5) is 17.6. The smallest absolute Gasteiger partial charge is 0.225 e. The van der Waals surface area contributed by atoms with Crippen LogP contribution in [-0.4, -0.2) is 16.9 Å². The van der Waals surface area contributed by atoms with Crippen LogP contribution in [0.4, 0.5) is 0 Å². The first kappa shape index (κ1) is 15.7. The van der Waals surface area contributed by atoms with Crippen molar-refractivity contribution in [2.75, 3.05) is 0 Å². The third kappa shape index (κ3) is 4.14. The molecule has 4 heteroatoms. The van der Waals surface area contributed by atoms with Gasteiger partial charge in [-0.05, 0) is 27.2 Å². The second-order valence-electron chi connectivity index (χ2n) is 5.45. The second kappa shape index (κ2) is 6.85. The zero-order chi connectivity index (χ0) is 15.4. The fraction of sp³-hybridized carbons (Fsp3) is 0.412. The van der Waals surface area contributed by atoms with Crippen molar-refractivity contribution in [1.82, 2.24) is 10.3 Å². The lowest BCUT2D eigenvalue weighted by Gasteiger charge is -2.10. The van der Waals surface area contributed by atoms with Crippen LogP contribution < -0.4 is 5.32 Å². The molecule has 0 radical (unpaired) electrons. The molecule has 1 aromatic carbocycles. The average Bonchev–Trinajstić information content (AvgIpc) is 2.80. The number of thiazole rings is 1. The summed E-state index contributed by atoms with van der Waals surface area (Å²) < 4.78 is 0. The van der Waals surface area contributed by atoms with E-state index in [1.807, 2.05) is 13.8 Å². The first-order chi connectivity index (χ1) is 9.99. The van der Waals surface area contributed by atoms with Gasteiger partial charge in [0, 0.05) is 16.5 Å². The molecule has 112 valence electrons. The van der Waals surface area contributed by atoms with Gasteiger partial charge in [0.15, 0.2) is 0 Å². The van der Waals surface area contributed by atoms with Crippen LogP contribution in [0.15, 0.2) is 24.3 Å². The van der Waals surface area contributed by atoms with Crippen LogP contribution in [0.2, 0.25) is 0 Å². The minimum atomic E-state index is 0.0755. The van der Waals surface area contributed by atoms with E-state index in [2.05, 4.69) is 48.4 Å². The molecule has 1 N–H and O–H groups in total. The Morgan fingerprint density at radius 3 is 2.57 bits per heavy atom. The molecule has 0 bridgehead atoms. The Morgan fingerprint density at radius 2 is 1.95 bits per heavy atom. The zero-order valence-electron chi connectivity index (χ0n) is 13.1. The van der Waals surface area contributed by atoms with Gasteiger partial charge in [-0.2, -0.15) is 0 Å². The van der Waals surface area contributed by atoms with Crippen LogP contribution in [-0.2, 0) is 11.2 Å². The van der Waals surface area contributed by atoms with Gasteiger partial charge in [0.2, 0.25) is 5.91 Å². The Kier molecular flexibility index (Phi) is 5.12. The van der Waals surface area contributed by atoms with Crippen LogP contribution >= 0.6 is 11.3 Å². The van der Waals surface area contributed by atoms with Crippen molar-refractivity contribution >= 4 is 17.2 Å². The Bertz CT molecular complexity index is 616. The SMILES string of the molecule is CCC(C)NC(=O)Cc1sc(-c2ccc(C)cc2)nc1C.